The Balaban J connectivity index is 2.16. The number of carbonyl (C=O) groups excluding carboxylic acids is 1. The predicted octanol–water partition coefficient (Wildman–Crippen LogP) is 3.61. The summed E-state index contributed by atoms with van der Waals surface area (Å²) in [6, 6.07) is 11.5. The van der Waals surface area contributed by atoms with Crippen LogP contribution in [0.5, 0.6) is 0 Å². The van der Waals surface area contributed by atoms with Crippen LogP contribution in [0.1, 0.15) is 0 Å². The van der Waals surface area contributed by atoms with Crippen molar-refractivity contribution < 1.29 is 9.90 Å². The monoisotopic (exact) mass is 348 g/mol. The van der Waals surface area contributed by atoms with Gasteiger partial charge in [-0.05, 0) is 35.0 Å². The summed E-state index contributed by atoms with van der Waals surface area (Å²) in [6.07, 6.45) is 1.63. The molecule has 2 N–H and O–H groups in total. The van der Waals surface area contributed by atoms with E-state index in [1.807, 2.05) is 36.4 Å². The highest BCUT2D eigenvalue weighted by Crippen LogP contribution is 2.23. The van der Waals surface area contributed by atoms with Crippen molar-refractivity contribution in [1.82, 2.24) is 4.90 Å². The lowest BCUT2D eigenvalue weighted by Crippen LogP contribution is -2.37. The average Bonchev–Trinajstić information content (AvgIpc) is 2.47. The van der Waals surface area contributed by atoms with Crippen molar-refractivity contribution in [2.75, 3.05) is 25.0 Å². The van der Waals surface area contributed by atoms with E-state index in [1.54, 1.807) is 6.08 Å². The number of nitrogens with zero attached hydrogens (tertiary/aromatic N) is 1. The molecule has 0 atom stereocenters. The molecule has 0 saturated heterocycles. The summed E-state index contributed by atoms with van der Waals surface area (Å²) in [5, 5.41) is 14.0. The first kappa shape index (κ1) is 15.5. The van der Waals surface area contributed by atoms with Gasteiger partial charge in [-0.1, -0.05) is 34.1 Å². The molecule has 0 bridgehead atoms. The maximum Gasteiger partial charge on any atom is 0.322 e. The minimum absolute atomic E-state index is 0.0764. The van der Waals surface area contributed by atoms with Crippen molar-refractivity contribution in [2.24, 2.45) is 0 Å². The van der Waals surface area contributed by atoms with Gasteiger partial charge in [0, 0.05) is 23.2 Å². The Bertz CT molecular complexity index is 658. The first-order valence-electron chi connectivity index (χ1n) is 6.61. The van der Waals surface area contributed by atoms with Crippen LogP contribution in [0.25, 0.3) is 10.8 Å². The van der Waals surface area contributed by atoms with E-state index in [-0.39, 0.29) is 19.2 Å². The van der Waals surface area contributed by atoms with E-state index in [9.17, 15) is 4.79 Å². The van der Waals surface area contributed by atoms with Gasteiger partial charge in [0.05, 0.1) is 6.61 Å². The Morgan fingerprint density at radius 1 is 1.29 bits per heavy atom. The Morgan fingerprint density at radius 2 is 2.00 bits per heavy atom. The van der Waals surface area contributed by atoms with E-state index >= 15 is 0 Å². The zero-order chi connectivity index (χ0) is 15.2. The first-order valence-corrected chi connectivity index (χ1v) is 7.40. The number of carbonyl (C=O) groups is 1. The van der Waals surface area contributed by atoms with Gasteiger partial charge in [0.1, 0.15) is 0 Å². The number of rotatable bonds is 5. The van der Waals surface area contributed by atoms with Gasteiger partial charge in [0.15, 0.2) is 0 Å². The third kappa shape index (κ3) is 4.06. The minimum Gasteiger partial charge on any atom is -0.395 e. The topological polar surface area (TPSA) is 52.6 Å². The highest BCUT2D eigenvalue weighted by molar-refractivity contribution is 9.10. The van der Waals surface area contributed by atoms with Gasteiger partial charge in [0.25, 0.3) is 0 Å². The molecule has 5 heteroatoms. The van der Waals surface area contributed by atoms with Gasteiger partial charge in [-0.3, -0.25) is 0 Å². The van der Waals surface area contributed by atoms with Crippen molar-refractivity contribution in [3.8, 4) is 0 Å². The molecule has 0 unspecified atom stereocenters. The standard InChI is InChI=1S/C16H17BrN2O2/c1-2-7-19(8-9-20)16(21)18-15-6-4-12-10-14(17)5-3-13(12)11-15/h2-6,10-11,20H,1,7-9H2,(H,18,21). The highest BCUT2D eigenvalue weighted by atomic mass is 79.9. The van der Waals surface area contributed by atoms with Crippen LogP contribution in [0.2, 0.25) is 0 Å². The largest absolute Gasteiger partial charge is 0.395 e. The van der Waals surface area contributed by atoms with E-state index in [1.165, 1.54) is 4.90 Å². The molecule has 0 heterocycles. The number of hydrogen-bond acceptors (Lipinski definition) is 2. The lowest BCUT2D eigenvalue weighted by atomic mass is 10.1. The molecule has 0 radical (unpaired) electrons. The molecular weight excluding hydrogens is 332 g/mol. The van der Waals surface area contributed by atoms with Crippen molar-refractivity contribution in [1.29, 1.82) is 0 Å². The number of urea groups is 1. The molecule has 0 aliphatic heterocycles. The quantitative estimate of drug-likeness (QED) is 0.811. The maximum atomic E-state index is 12.1. The zero-order valence-corrected chi connectivity index (χ0v) is 13.1. The maximum absolute atomic E-state index is 12.1. The molecule has 0 saturated carbocycles. The molecule has 21 heavy (non-hydrogen) atoms. The van der Waals surface area contributed by atoms with E-state index in [2.05, 4.69) is 27.8 Å². The number of aliphatic hydroxyl groups is 1. The Kier molecular flexibility index (Phi) is 5.36. The van der Waals surface area contributed by atoms with Crippen molar-refractivity contribution in [2.45, 2.75) is 0 Å². The SMILES string of the molecule is C=CCN(CCO)C(=O)Nc1ccc2cc(Br)ccc2c1. The Labute approximate surface area is 132 Å². The second-order valence-electron chi connectivity index (χ2n) is 4.59. The summed E-state index contributed by atoms with van der Waals surface area (Å²) in [5.74, 6) is 0. The fraction of sp³-hybridized carbons (Fsp3) is 0.188. The van der Waals surface area contributed by atoms with E-state index in [0.717, 1.165) is 20.9 Å². The molecule has 0 spiro atoms. The summed E-state index contributed by atoms with van der Waals surface area (Å²) < 4.78 is 1.02. The van der Waals surface area contributed by atoms with Crippen LogP contribution in [0, 0.1) is 0 Å². The molecule has 0 fully saturated rings. The van der Waals surface area contributed by atoms with Crippen LogP contribution >= 0.6 is 15.9 Å². The third-order valence-electron chi connectivity index (χ3n) is 3.06. The molecule has 0 aliphatic carbocycles. The molecule has 2 amide bonds. The summed E-state index contributed by atoms with van der Waals surface area (Å²) in [4.78, 5) is 13.6. The fourth-order valence-corrected chi connectivity index (χ4v) is 2.43. The number of fused-ring (bicyclic) bond motifs is 1. The highest BCUT2D eigenvalue weighted by Gasteiger charge is 2.11. The Hall–Kier alpha value is -1.85. The summed E-state index contributed by atoms with van der Waals surface area (Å²) in [5.41, 5.74) is 0.724. The lowest BCUT2D eigenvalue weighted by Gasteiger charge is -2.20. The van der Waals surface area contributed by atoms with Gasteiger partial charge in [-0.15, -0.1) is 6.58 Å². The molecule has 0 aliphatic rings. The summed E-state index contributed by atoms with van der Waals surface area (Å²) in [7, 11) is 0. The molecule has 0 aromatic heterocycles. The Morgan fingerprint density at radius 3 is 2.71 bits per heavy atom. The molecule has 4 nitrogen and oxygen atoms in total. The third-order valence-corrected chi connectivity index (χ3v) is 3.55. The van der Waals surface area contributed by atoms with Gasteiger partial charge in [0.2, 0.25) is 0 Å². The van der Waals surface area contributed by atoms with Crippen LogP contribution in [0.3, 0.4) is 0 Å². The fourth-order valence-electron chi connectivity index (χ4n) is 2.05. The predicted molar refractivity (Wildman–Crippen MR) is 89.5 cm³/mol. The van der Waals surface area contributed by atoms with Crippen LogP contribution in [0.15, 0.2) is 53.5 Å². The van der Waals surface area contributed by atoms with Gasteiger partial charge in [-0.2, -0.15) is 0 Å². The van der Waals surface area contributed by atoms with Crippen LogP contribution in [0.4, 0.5) is 10.5 Å². The number of hydrogen-bond donors (Lipinski definition) is 2. The number of aliphatic hydroxyl groups excluding tert-OH is 1. The molecular formula is C16H17BrN2O2. The van der Waals surface area contributed by atoms with Gasteiger partial charge >= 0.3 is 6.03 Å². The van der Waals surface area contributed by atoms with Gasteiger partial charge in [-0.25, -0.2) is 4.79 Å². The summed E-state index contributed by atoms with van der Waals surface area (Å²) >= 11 is 3.44. The van der Waals surface area contributed by atoms with E-state index < -0.39 is 0 Å². The zero-order valence-electron chi connectivity index (χ0n) is 11.6. The molecule has 110 valence electrons. The number of amides is 2. The van der Waals surface area contributed by atoms with Crippen LogP contribution in [-0.2, 0) is 0 Å². The number of anilines is 1. The van der Waals surface area contributed by atoms with Crippen molar-refractivity contribution >= 4 is 38.4 Å². The first-order chi connectivity index (χ1) is 10.1. The van der Waals surface area contributed by atoms with Crippen LogP contribution in [-0.4, -0.2) is 35.7 Å². The van der Waals surface area contributed by atoms with Gasteiger partial charge < -0.3 is 15.3 Å². The summed E-state index contributed by atoms with van der Waals surface area (Å²) in [6.45, 7) is 4.21. The second kappa shape index (κ2) is 7.24. The normalized spacial score (nSPS) is 10.4. The second-order valence-corrected chi connectivity index (χ2v) is 5.51. The number of nitrogens with one attached hydrogen (secondary N) is 1. The smallest absolute Gasteiger partial charge is 0.322 e. The number of halogens is 1. The van der Waals surface area contributed by atoms with E-state index in [4.69, 9.17) is 5.11 Å². The van der Waals surface area contributed by atoms with Crippen molar-refractivity contribution in [3.63, 3.8) is 0 Å². The van der Waals surface area contributed by atoms with E-state index in [0.29, 0.717) is 6.54 Å². The lowest BCUT2D eigenvalue weighted by molar-refractivity contribution is 0.195. The average molecular weight is 349 g/mol. The molecule has 2 aromatic carbocycles. The van der Waals surface area contributed by atoms with Crippen molar-refractivity contribution in [3.05, 3.63) is 53.5 Å². The van der Waals surface area contributed by atoms with Crippen LogP contribution < -0.4 is 5.32 Å². The molecule has 2 rings (SSSR count). The molecule has 2 aromatic rings. The number of benzene rings is 2. The minimum atomic E-state index is -0.250.